The second-order valence-electron chi connectivity index (χ2n) is 6.68. The SMILES string of the molecule is Cc1ccc(N(C)C2CCN(C(=O)C3CC=CCC3)CC2)nn1. The maximum Gasteiger partial charge on any atom is 0.226 e. The van der Waals surface area contributed by atoms with Crippen LogP contribution >= 0.6 is 0 Å². The summed E-state index contributed by atoms with van der Waals surface area (Å²) >= 11 is 0. The van der Waals surface area contributed by atoms with Gasteiger partial charge in [0, 0.05) is 32.1 Å². The first kappa shape index (κ1) is 16.0. The molecule has 1 saturated heterocycles. The maximum absolute atomic E-state index is 12.6. The standard InChI is InChI=1S/C18H26N4O/c1-14-8-9-17(20-19-14)21(2)16-10-12-22(13-11-16)18(23)15-6-4-3-5-7-15/h3-4,8-9,15-16H,5-7,10-13H2,1-2H3. The zero-order valence-electron chi connectivity index (χ0n) is 14.1. The van der Waals surface area contributed by atoms with Crippen molar-refractivity contribution in [2.75, 3.05) is 25.0 Å². The Morgan fingerprint density at radius 1 is 1.17 bits per heavy atom. The van der Waals surface area contributed by atoms with Crippen molar-refractivity contribution >= 4 is 11.7 Å². The number of hydrogen-bond acceptors (Lipinski definition) is 4. The van der Waals surface area contributed by atoms with E-state index in [0.717, 1.165) is 56.7 Å². The van der Waals surface area contributed by atoms with Crippen LogP contribution in [0, 0.1) is 12.8 Å². The molecule has 124 valence electrons. The van der Waals surface area contributed by atoms with Crippen LogP contribution in [0.4, 0.5) is 5.82 Å². The highest BCUT2D eigenvalue weighted by Gasteiger charge is 2.29. The Labute approximate surface area is 138 Å². The third-order valence-electron chi connectivity index (χ3n) is 5.09. The molecule has 1 aromatic rings. The molecule has 23 heavy (non-hydrogen) atoms. The smallest absolute Gasteiger partial charge is 0.226 e. The van der Waals surface area contributed by atoms with Crippen molar-refractivity contribution in [1.29, 1.82) is 0 Å². The van der Waals surface area contributed by atoms with Gasteiger partial charge in [-0.1, -0.05) is 12.2 Å². The molecule has 2 aliphatic rings. The van der Waals surface area contributed by atoms with Gasteiger partial charge >= 0.3 is 0 Å². The van der Waals surface area contributed by atoms with Crippen molar-refractivity contribution in [2.24, 2.45) is 5.92 Å². The Balaban J connectivity index is 1.54. The summed E-state index contributed by atoms with van der Waals surface area (Å²) in [5, 5.41) is 8.41. The molecular formula is C18H26N4O. The minimum absolute atomic E-state index is 0.206. The predicted octanol–water partition coefficient (Wildman–Crippen LogP) is 2.57. The van der Waals surface area contributed by atoms with Crippen molar-refractivity contribution in [3.8, 4) is 0 Å². The first-order valence-corrected chi connectivity index (χ1v) is 8.62. The molecule has 2 heterocycles. The Morgan fingerprint density at radius 3 is 2.57 bits per heavy atom. The van der Waals surface area contributed by atoms with Gasteiger partial charge in [-0.2, -0.15) is 5.10 Å². The number of amides is 1. The number of likely N-dealkylation sites (tertiary alicyclic amines) is 1. The van der Waals surface area contributed by atoms with E-state index in [2.05, 4.69) is 39.2 Å². The van der Waals surface area contributed by atoms with Crippen LogP contribution in [-0.4, -0.2) is 47.2 Å². The fourth-order valence-electron chi connectivity index (χ4n) is 3.52. The number of carbonyl (C=O) groups excluding carboxylic acids is 1. The summed E-state index contributed by atoms with van der Waals surface area (Å²) in [6, 6.07) is 4.45. The normalized spacial score (nSPS) is 22.2. The number of piperidine rings is 1. The average molecular weight is 314 g/mol. The van der Waals surface area contributed by atoms with Crippen molar-refractivity contribution < 1.29 is 4.79 Å². The molecular weight excluding hydrogens is 288 g/mol. The summed E-state index contributed by atoms with van der Waals surface area (Å²) in [5.41, 5.74) is 0.934. The molecule has 5 nitrogen and oxygen atoms in total. The lowest BCUT2D eigenvalue weighted by atomic mass is 9.92. The third kappa shape index (κ3) is 3.71. The van der Waals surface area contributed by atoms with E-state index in [1.165, 1.54) is 0 Å². The molecule has 1 aliphatic carbocycles. The first-order chi connectivity index (χ1) is 11.1. The number of nitrogens with zero attached hydrogens (tertiary/aromatic N) is 4. The summed E-state index contributed by atoms with van der Waals surface area (Å²) in [6.45, 7) is 3.65. The van der Waals surface area contributed by atoms with Crippen molar-refractivity contribution in [3.63, 3.8) is 0 Å². The van der Waals surface area contributed by atoms with E-state index in [-0.39, 0.29) is 5.92 Å². The molecule has 3 rings (SSSR count). The Kier molecular flexibility index (Phi) is 4.94. The number of hydrogen-bond donors (Lipinski definition) is 0. The van der Waals surface area contributed by atoms with E-state index in [1.54, 1.807) is 0 Å². The average Bonchev–Trinajstić information content (AvgIpc) is 2.62. The molecule has 5 heteroatoms. The summed E-state index contributed by atoms with van der Waals surface area (Å²) in [7, 11) is 2.08. The number of aryl methyl sites for hydroxylation is 1. The zero-order chi connectivity index (χ0) is 16.2. The molecule has 0 N–H and O–H groups in total. The van der Waals surface area contributed by atoms with Crippen molar-refractivity contribution in [3.05, 3.63) is 30.0 Å². The van der Waals surface area contributed by atoms with Crippen molar-refractivity contribution in [1.82, 2.24) is 15.1 Å². The van der Waals surface area contributed by atoms with E-state index in [0.29, 0.717) is 11.9 Å². The van der Waals surface area contributed by atoms with Gasteiger partial charge in [0.05, 0.1) is 5.69 Å². The van der Waals surface area contributed by atoms with Crippen LogP contribution in [0.5, 0.6) is 0 Å². The fourth-order valence-corrected chi connectivity index (χ4v) is 3.52. The van der Waals surface area contributed by atoms with Crippen LogP contribution in [0.3, 0.4) is 0 Å². The zero-order valence-corrected chi connectivity index (χ0v) is 14.1. The lowest BCUT2D eigenvalue weighted by Gasteiger charge is -2.38. The summed E-state index contributed by atoms with van der Waals surface area (Å²) in [6.07, 6.45) is 9.31. The predicted molar refractivity (Wildman–Crippen MR) is 91.3 cm³/mol. The monoisotopic (exact) mass is 314 g/mol. The van der Waals surface area contributed by atoms with Gasteiger partial charge in [0.2, 0.25) is 5.91 Å². The van der Waals surface area contributed by atoms with Gasteiger partial charge in [0.1, 0.15) is 0 Å². The minimum Gasteiger partial charge on any atom is -0.355 e. The van der Waals surface area contributed by atoms with Gasteiger partial charge in [-0.15, -0.1) is 5.10 Å². The number of carbonyl (C=O) groups is 1. The van der Waals surface area contributed by atoms with Crippen molar-refractivity contribution in [2.45, 2.75) is 45.1 Å². The van der Waals surface area contributed by atoms with E-state index >= 15 is 0 Å². The molecule has 1 fully saturated rings. The van der Waals surface area contributed by atoms with Crippen LogP contribution in [0.15, 0.2) is 24.3 Å². The molecule has 0 bridgehead atoms. The second kappa shape index (κ2) is 7.11. The molecule has 1 amide bonds. The van der Waals surface area contributed by atoms with Gasteiger partial charge in [-0.3, -0.25) is 4.79 Å². The van der Waals surface area contributed by atoms with E-state index < -0.39 is 0 Å². The third-order valence-corrected chi connectivity index (χ3v) is 5.09. The lowest BCUT2D eigenvalue weighted by molar-refractivity contribution is -0.136. The van der Waals surface area contributed by atoms with Crippen LogP contribution in [-0.2, 0) is 4.79 Å². The highest BCUT2D eigenvalue weighted by molar-refractivity contribution is 5.79. The molecule has 1 aliphatic heterocycles. The number of anilines is 1. The highest BCUT2D eigenvalue weighted by atomic mass is 16.2. The van der Waals surface area contributed by atoms with Gasteiger partial charge in [0.15, 0.2) is 5.82 Å². The second-order valence-corrected chi connectivity index (χ2v) is 6.68. The largest absolute Gasteiger partial charge is 0.355 e. The highest BCUT2D eigenvalue weighted by Crippen LogP contribution is 2.25. The summed E-state index contributed by atoms with van der Waals surface area (Å²) in [4.78, 5) is 16.9. The van der Waals surface area contributed by atoms with Gasteiger partial charge < -0.3 is 9.80 Å². The quantitative estimate of drug-likeness (QED) is 0.805. The van der Waals surface area contributed by atoms with E-state index in [1.807, 2.05) is 19.1 Å². The molecule has 1 aromatic heterocycles. The molecule has 0 aromatic carbocycles. The molecule has 1 unspecified atom stereocenters. The number of aromatic nitrogens is 2. The molecule has 1 atom stereocenters. The maximum atomic E-state index is 12.6. The fraction of sp³-hybridized carbons (Fsp3) is 0.611. The summed E-state index contributed by atoms with van der Waals surface area (Å²) in [5.74, 6) is 1.47. The van der Waals surface area contributed by atoms with Gasteiger partial charge in [-0.05, 0) is 51.2 Å². The van der Waals surface area contributed by atoms with Crippen LogP contribution < -0.4 is 4.90 Å². The Morgan fingerprint density at radius 2 is 1.96 bits per heavy atom. The van der Waals surface area contributed by atoms with Crippen LogP contribution in [0.25, 0.3) is 0 Å². The van der Waals surface area contributed by atoms with E-state index in [9.17, 15) is 4.79 Å². The van der Waals surface area contributed by atoms with Crippen LogP contribution in [0.1, 0.15) is 37.8 Å². The molecule has 0 radical (unpaired) electrons. The minimum atomic E-state index is 0.206. The topological polar surface area (TPSA) is 49.3 Å². The van der Waals surface area contributed by atoms with Gasteiger partial charge in [0.25, 0.3) is 0 Å². The van der Waals surface area contributed by atoms with Gasteiger partial charge in [-0.25, -0.2) is 0 Å². The Hall–Kier alpha value is -1.91. The number of rotatable bonds is 3. The van der Waals surface area contributed by atoms with E-state index in [4.69, 9.17) is 0 Å². The first-order valence-electron chi connectivity index (χ1n) is 8.62. The Bertz CT molecular complexity index is 561. The molecule has 0 saturated carbocycles. The number of allylic oxidation sites excluding steroid dienone is 2. The summed E-state index contributed by atoms with van der Waals surface area (Å²) < 4.78 is 0. The molecule has 0 spiro atoms. The lowest BCUT2D eigenvalue weighted by Crippen LogP contribution is -2.47. The van der Waals surface area contributed by atoms with Crippen LogP contribution in [0.2, 0.25) is 0 Å².